The first-order valence-electron chi connectivity index (χ1n) is 7.57. The lowest BCUT2D eigenvalue weighted by Crippen LogP contribution is -2.28. The normalized spacial score (nSPS) is 11.2. The van der Waals surface area contributed by atoms with E-state index in [9.17, 15) is 4.79 Å². The second-order valence-electron chi connectivity index (χ2n) is 5.67. The molecule has 2 aromatic heterocycles. The summed E-state index contributed by atoms with van der Waals surface area (Å²) in [6.45, 7) is 4.87. The maximum atomic E-state index is 12.5. The number of amides is 1. The van der Waals surface area contributed by atoms with E-state index in [1.165, 1.54) is 10.4 Å². The van der Waals surface area contributed by atoms with Crippen LogP contribution < -0.4 is 5.32 Å². The van der Waals surface area contributed by atoms with E-state index < -0.39 is 0 Å². The fraction of sp³-hybridized carbons (Fsp3) is 0.278. The molecule has 0 aliphatic rings. The Kier molecular flexibility index (Phi) is 4.29. The van der Waals surface area contributed by atoms with E-state index >= 15 is 0 Å². The molecule has 0 unspecified atom stereocenters. The molecule has 0 atom stereocenters. The summed E-state index contributed by atoms with van der Waals surface area (Å²) >= 11 is 1.68. The molecule has 0 saturated heterocycles. The third-order valence-electron chi connectivity index (χ3n) is 3.74. The van der Waals surface area contributed by atoms with Crippen molar-refractivity contribution in [3.63, 3.8) is 0 Å². The zero-order chi connectivity index (χ0) is 15.5. The van der Waals surface area contributed by atoms with Crippen LogP contribution in [0, 0.1) is 0 Å². The molecule has 1 aromatic carbocycles. The largest absolute Gasteiger partial charge is 0.350 e. The van der Waals surface area contributed by atoms with Crippen molar-refractivity contribution in [2.45, 2.75) is 26.3 Å². The van der Waals surface area contributed by atoms with Gasteiger partial charge in [-0.25, -0.2) is 0 Å². The Bertz CT molecular complexity index is 771. The van der Waals surface area contributed by atoms with E-state index in [0.717, 1.165) is 17.5 Å². The van der Waals surface area contributed by atoms with E-state index in [1.807, 2.05) is 24.3 Å². The van der Waals surface area contributed by atoms with E-state index in [0.29, 0.717) is 6.54 Å². The van der Waals surface area contributed by atoms with Crippen LogP contribution >= 0.6 is 11.3 Å². The number of nitrogens with one attached hydrogen (secondary N) is 1. The van der Waals surface area contributed by atoms with Crippen molar-refractivity contribution in [2.75, 3.05) is 6.54 Å². The Labute approximate surface area is 134 Å². The highest BCUT2D eigenvalue weighted by Gasteiger charge is 2.17. The summed E-state index contributed by atoms with van der Waals surface area (Å²) in [4.78, 5) is 13.7. The van der Waals surface area contributed by atoms with Gasteiger partial charge in [-0.05, 0) is 43.3 Å². The molecule has 0 bridgehead atoms. The summed E-state index contributed by atoms with van der Waals surface area (Å²) in [5.74, 6) is 0.00744. The molecular weight excluding hydrogens is 292 g/mol. The molecule has 1 amide bonds. The maximum Gasteiger partial charge on any atom is 0.267 e. The van der Waals surface area contributed by atoms with Gasteiger partial charge >= 0.3 is 0 Å². The molecule has 4 heteroatoms. The van der Waals surface area contributed by atoms with Crippen LogP contribution in [-0.2, 0) is 6.42 Å². The molecule has 3 rings (SSSR count). The predicted octanol–water partition coefficient (Wildman–Crippen LogP) is 4.26. The van der Waals surface area contributed by atoms with E-state index in [2.05, 4.69) is 47.3 Å². The summed E-state index contributed by atoms with van der Waals surface area (Å²) in [5.41, 5.74) is 1.99. The van der Waals surface area contributed by atoms with Crippen molar-refractivity contribution >= 4 is 27.5 Å². The molecule has 1 N–H and O–H groups in total. The van der Waals surface area contributed by atoms with Gasteiger partial charge in [0.05, 0.1) is 0 Å². The summed E-state index contributed by atoms with van der Waals surface area (Å²) < 4.78 is 2.12. The SMILES string of the molecule is CC(C)n1c(C(=O)NCCc2ccccc2)cc2ccsc21. The predicted molar refractivity (Wildman–Crippen MR) is 92.7 cm³/mol. The molecule has 3 aromatic rings. The van der Waals surface area contributed by atoms with Crippen molar-refractivity contribution in [1.29, 1.82) is 0 Å². The number of nitrogens with zero attached hydrogens (tertiary/aromatic N) is 1. The number of fused-ring (bicyclic) bond motifs is 1. The van der Waals surface area contributed by atoms with E-state index in [4.69, 9.17) is 0 Å². The molecule has 22 heavy (non-hydrogen) atoms. The van der Waals surface area contributed by atoms with Gasteiger partial charge in [-0.3, -0.25) is 4.79 Å². The topological polar surface area (TPSA) is 34.0 Å². The lowest BCUT2D eigenvalue weighted by molar-refractivity contribution is 0.0944. The van der Waals surface area contributed by atoms with Crippen LogP contribution in [0.4, 0.5) is 0 Å². The zero-order valence-electron chi connectivity index (χ0n) is 12.9. The quantitative estimate of drug-likeness (QED) is 0.750. The van der Waals surface area contributed by atoms with Gasteiger partial charge in [-0.15, -0.1) is 11.3 Å². The number of hydrogen-bond donors (Lipinski definition) is 1. The number of carbonyl (C=O) groups is 1. The molecule has 114 valence electrons. The lowest BCUT2D eigenvalue weighted by atomic mass is 10.1. The molecule has 0 fully saturated rings. The van der Waals surface area contributed by atoms with Gasteiger partial charge in [-0.1, -0.05) is 30.3 Å². The highest BCUT2D eigenvalue weighted by Crippen LogP contribution is 2.28. The van der Waals surface area contributed by atoms with Gasteiger partial charge in [0.2, 0.25) is 0 Å². The third kappa shape index (κ3) is 2.92. The number of thiophene rings is 1. The standard InChI is InChI=1S/C18H20N2OS/c1-13(2)20-16(12-15-9-11-22-18(15)20)17(21)19-10-8-14-6-4-3-5-7-14/h3-7,9,11-13H,8,10H2,1-2H3,(H,19,21). The fourth-order valence-electron chi connectivity index (χ4n) is 2.69. The molecule has 0 aliphatic carbocycles. The van der Waals surface area contributed by atoms with Crippen LogP contribution in [0.15, 0.2) is 47.8 Å². The number of hydrogen-bond acceptors (Lipinski definition) is 2. The third-order valence-corrected chi connectivity index (χ3v) is 4.66. The van der Waals surface area contributed by atoms with Crippen LogP contribution in [0.2, 0.25) is 0 Å². The van der Waals surface area contributed by atoms with Crippen LogP contribution in [0.1, 0.15) is 35.9 Å². The molecule has 2 heterocycles. The Balaban J connectivity index is 1.72. The second kappa shape index (κ2) is 6.36. The van der Waals surface area contributed by atoms with Gasteiger partial charge < -0.3 is 9.88 Å². The summed E-state index contributed by atoms with van der Waals surface area (Å²) in [5, 5.41) is 6.25. The Morgan fingerprint density at radius 1 is 1.23 bits per heavy atom. The number of aromatic nitrogens is 1. The molecule has 0 spiro atoms. The van der Waals surface area contributed by atoms with Crippen molar-refractivity contribution in [3.8, 4) is 0 Å². The van der Waals surface area contributed by atoms with Crippen LogP contribution in [0.25, 0.3) is 10.2 Å². The van der Waals surface area contributed by atoms with Gasteiger partial charge in [0.25, 0.3) is 5.91 Å². The first-order valence-corrected chi connectivity index (χ1v) is 8.45. The van der Waals surface area contributed by atoms with Crippen LogP contribution in [0.5, 0.6) is 0 Å². The van der Waals surface area contributed by atoms with Crippen LogP contribution in [-0.4, -0.2) is 17.0 Å². The first kappa shape index (κ1) is 14.9. The van der Waals surface area contributed by atoms with Gasteiger partial charge in [0.1, 0.15) is 10.5 Å². The molecular formula is C18H20N2OS. The molecule has 0 aliphatic heterocycles. The van der Waals surface area contributed by atoms with Crippen molar-refractivity contribution in [3.05, 3.63) is 59.1 Å². The summed E-state index contributed by atoms with van der Waals surface area (Å²) in [6, 6.07) is 14.5. The van der Waals surface area contributed by atoms with Crippen molar-refractivity contribution in [2.24, 2.45) is 0 Å². The summed E-state index contributed by atoms with van der Waals surface area (Å²) in [6.07, 6.45) is 0.851. The van der Waals surface area contributed by atoms with E-state index in [-0.39, 0.29) is 11.9 Å². The van der Waals surface area contributed by atoms with Crippen molar-refractivity contribution in [1.82, 2.24) is 9.88 Å². The maximum absolute atomic E-state index is 12.5. The van der Waals surface area contributed by atoms with Crippen molar-refractivity contribution < 1.29 is 4.79 Å². The average molecular weight is 312 g/mol. The molecule has 3 nitrogen and oxygen atoms in total. The minimum atomic E-state index is 0.00744. The zero-order valence-corrected chi connectivity index (χ0v) is 13.7. The van der Waals surface area contributed by atoms with Gasteiger partial charge in [0.15, 0.2) is 0 Å². The Morgan fingerprint density at radius 2 is 2.00 bits per heavy atom. The first-order chi connectivity index (χ1) is 10.7. The minimum absolute atomic E-state index is 0.00744. The number of rotatable bonds is 5. The lowest BCUT2D eigenvalue weighted by Gasteiger charge is -2.13. The molecule has 0 radical (unpaired) electrons. The molecule has 0 saturated carbocycles. The number of benzene rings is 1. The van der Waals surface area contributed by atoms with Gasteiger partial charge in [0, 0.05) is 18.0 Å². The Hall–Kier alpha value is -2.07. The second-order valence-corrected chi connectivity index (χ2v) is 6.56. The highest BCUT2D eigenvalue weighted by molar-refractivity contribution is 7.16. The smallest absolute Gasteiger partial charge is 0.267 e. The monoisotopic (exact) mass is 312 g/mol. The highest BCUT2D eigenvalue weighted by atomic mass is 32.1. The van der Waals surface area contributed by atoms with E-state index in [1.54, 1.807) is 11.3 Å². The minimum Gasteiger partial charge on any atom is -0.350 e. The summed E-state index contributed by atoms with van der Waals surface area (Å²) in [7, 11) is 0. The average Bonchev–Trinajstić information content (AvgIpc) is 3.08. The fourth-order valence-corrected chi connectivity index (χ4v) is 3.72. The van der Waals surface area contributed by atoms with Crippen LogP contribution in [0.3, 0.4) is 0 Å². The number of carbonyl (C=O) groups excluding carboxylic acids is 1. The van der Waals surface area contributed by atoms with Gasteiger partial charge in [-0.2, -0.15) is 0 Å². The Morgan fingerprint density at radius 3 is 2.73 bits per heavy atom.